The van der Waals surface area contributed by atoms with E-state index in [2.05, 4.69) is 27.3 Å². The summed E-state index contributed by atoms with van der Waals surface area (Å²) in [5.41, 5.74) is 5.05. The zero-order valence-electron chi connectivity index (χ0n) is 22.5. The van der Waals surface area contributed by atoms with E-state index in [0.717, 1.165) is 16.7 Å². The lowest BCUT2D eigenvalue weighted by atomic mass is 10.0. The van der Waals surface area contributed by atoms with E-state index in [4.69, 9.17) is 14.7 Å². The normalized spacial score (nSPS) is 13.5. The Balaban J connectivity index is 1.26. The Morgan fingerprint density at radius 1 is 1.10 bits per heavy atom. The molecule has 2 N–H and O–H groups in total. The number of morpholine rings is 1. The summed E-state index contributed by atoms with van der Waals surface area (Å²) < 4.78 is 34.0. The van der Waals surface area contributed by atoms with Crippen molar-refractivity contribution in [3.8, 4) is 16.8 Å². The molecule has 1 aliphatic heterocycles. The number of nitrogens with zero attached hydrogens (tertiary/aromatic N) is 7. The van der Waals surface area contributed by atoms with Gasteiger partial charge in [-0.05, 0) is 34.9 Å². The number of halogens is 2. The lowest BCUT2D eigenvalue weighted by molar-refractivity contribution is -0.111. The third-order valence-electron chi connectivity index (χ3n) is 6.81. The number of amides is 1. The van der Waals surface area contributed by atoms with Crippen molar-refractivity contribution in [2.75, 3.05) is 41.8 Å². The van der Waals surface area contributed by atoms with E-state index in [1.54, 1.807) is 4.57 Å². The third kappa shape index (κ3) is 5.67. The second-order valence-electron chi connectivity index (χ2n) is 9.54. The second-order valence-corrected chi connectivity index (χ2v) is 9.54. The van der Waals surface area contributed by atoms with E-state index in [-0.39, 0.29) is 5.91 Å². The van der Waals surface area contributed by atoms with E-state index < -0.39 is 6.55 Å². The summed E-state index contributed by atoms with van der Waals surface area (Å²) in [4.78, 5) is 27.7. The zero-order chi connectivity index (χ0) is 29.1. The van der Waals surface area contributed by atoms with Crippen LogP contribution in [0.5, 0.6) is 0 Å². The molecule has 3 aromatic heterocycles. The number of imidazole rings is 1. The summed E-state index contributed by atoms with van der Waals surface area (Å²) in [6.07, 6.45) is 5.36. The number of rotatable bonds is 9. The van der Waals surface area contributed by atoms with Crippen LogP contribution in [0.3, 0.4) is 0 Å². The highest BCUT2D eigenvalue weighted by molar-refractivity contribution is 5.99. The van der Waals surface area contributed by atoms with E-state index >= 15 is 0 Å². The summed E-state index contributed by atoms with van der Waals surface area (Å²) in [6.45, 7) is 3.56. The van der Waals surface area contributed by atoms with Crippen molar-refractivity contribution in [1.82, 2.24) is 29.3 Å². The molecule has 6 rings (SSSR count). The molecule has 0 saturated carbocycles. The van der Waals surface area contributed by atoms with Gasteiger partial charge >= 0.3 is 6.55 Å². The molecule has 1 saturated heterocycles. The molecule has 42 heavy (non-hydrogen) atoms. The molecule has 0 bridgehead atoms. The van der Waals surface area contributed by atoms with Gasteiger partial charge in [-0.2, -0.15) is 23.8 Å². The second kappa shape index (κ2) is 11.7. The third-order valence-corrected chi connectivity index (χ3v) is 6.81. The maximum atomic E-state index is 13.2. The maximum Gasteiger partial charge on any atom is 0.333 e. The number of nitrogens with one attached hydrogen (secondary N) is 2. The predicted molar refractivity (Wildman–Crippen MR) is 155 cm³/mol. The van der Waals surface area contributed by atoms with Crippen molar-refractivity contribution in [1.29, 1.82) is 0 Å². The minimum Gasteiger partial charge on any atom is -0.378 e. The molecular weight excluding hydrogens is 544 g/mol. The van der Waals surface area contributed by atoms with Crippen molar-refractivity contribution in [3.05, 3.63) is 85.5 Å². The van der Waals surface area contributed by atoms with Gasteiger partial charge in [-0.15, -0.1) is 0 Å². The topological polar surface area (TPSA) is 115 Å². The van der Waals surface area contributed by atoms with Gasteiger partial charge in [0.2, 0.25) is 11.9 Å². The first kappa shape index (κ1) is 27.0. The Labute approximate surface area is 239 Å². The van der Waals surface area contributed by atoms with Crippen LogP contribution >= 0.6 is 0 Å². The number of aromatic nitrogens is 6. The first-order valence-corrected chi connectivity index (χ1v) is 13.3. The number of ether oxygens (including phenoxy) is 1. The van der Waals surface area contributed by atoms with Gasteiger partial charge in [0.15, 0.2) is 17.0 Å². The van der Waals surface area contributed by atoms with Crippen LogP contribution in [0.25, 0.3) is 28.0 Å². The van der Waals surface area contributed by atoms with Gasteiger partial charge < -0.3 is 20.3 Å². The van der Waals surface area contributed by atoms with Crippen molar-refractivity contribution in [2.24, 2.45) is 0 Å². The smallest absolute Gasteiger partial charge is 0.333 e. The fourth-order valence-electron chi connectivity index (χ4n) is 4.64. The molecule has 0 atom stereocenters. The first-order valence-electron chi connectivity index (χ1n) is 13.3. The van der Waals surface area contributed by atoms with E-state index in [1.807, 2.05) is 53.4 Å². The maximum absolute atomic E-state index is 13.2. The van der Waals surface area contributed by atoms with Crippen LogP contribution in [0.4, 0.5) is 26.2 Å². The van der Waals surface area contributed by atoms with Gasteiger partial charge in [0.1, 0.15) is 6.33 Å². The Bertz CT molecular complexity index is 1730. The van der Waals surface area contributed by atoms with Crippen LogP contribution < -0.4 is 15.5 Å². The van der Waals surface area contributed by atoms with Gasteiger partial charge in [-0.1, -0.05) is 43.0 Å². The van der Waals surface area contributed by atoms with Gasteiger partial charge in [-0.25, -0.2) is 9.67 Å². The number of benzene rings is 2. The Morgan fingerprint density at radius 2 is 1.90 bits per heavy atom. The van der Waals surface area contributed by atoms with Crippen molar-refractivity contribution < 1.29 is 18.3 Å². The number of anilines is 3. The number of hydrogen-bond acceptors (Lipinski definition) is 8. The number of carbonyl (C=O) groups excluding carboxylic acids is 1. The molecule has 0 spiro atoms. The average Bonchev–Trinajstić information content (AvgIpc) is 3.68. The standard InChI is InChI=1S/C29H27F2N9O2/c1-2-24(41)35-22-5-3-4-21(14-22)20-8-6-19(7-9-20)15-32-26-25-27(37-29(36-26)38-10-12-42-13-11-38)39(18-33-25)23-16-34-40(17-23)28(30)31/h2-9,14,16-18,28H,1,10-13,15H2,(H,35,41)(H,32,36,37). The number of hydrogen-bond donors (Lipinski definition) is 2. The largest absolute Gasteiger partial charge is 0.378 e. The van der Waals surface area contributed by atoms with E-state index in [1.165, 1.54) is 24.8 Å². The van der Waals surface area contributed by atoms with Crippen LogP contribution in [-0.2, 0) is 16.1 Å². The fraction of sp³-hybridized carbons (Fsp3) is 0.207. The quantitative estimate of drug-likeness (QED) is 0.246. The SMILES string of the molecule is C=CC(=O)Nc1cccc(-c2ccc(CNc3nc(N4CCOCC4)nc4c3ncn4-c3cnn(C(F)F)c3)cc2)c1. The summed E-state index contributed by atoms with van der Waals surface area (Å²) in [6, 6.07) is 15.6. The monoisotopic (exact) mass is 571 g/mol. The van der Waals surface area contributed by atoms with Crippen molar-refractivity contribution >= 4 is 34.5 Å². The first-order chi connectivity index (χ1) is 20.5. The minimum atomic E-state index is -2.75. The van der Waals surface area contributed by atoms with Crippen LogP contribution in [0.2, 0.25) is 0 Å². The zero-order valence-corrected chi connectivity index (χ0v) is 22.5. The molecule has 0 aliphatic carbocycles. The van der Waals surface area contributed by atoms with Crippen molar-refractivity contribution in [3.63, 3.8) is 0 Å². The van der Waals surface area contributed by atoms with E-state index in [9.17, 15) is 13.6 Å². The van der Waals surface area contributed by atoms with Gasteiger partial charge in [0, 0.05) is 25.3 Å². The number of alkyl halides is 2. The summed E-state index contributed by atoms with van der Waals surface area (Å²) in [7, 11) is 0. The summed E-state index contributed by atoms with van der Waals surface area (Å²) >= 11 is 0. The molecule has 0 radical (unpaired) electrons. The molecule has 2 aromatic carbocycles. The molecule has 11 nitrogen and oxygen atoms in total. The molecule has 1 amide bonds. The number of fused-ring (bicyclic) bond motifs is 1. The van der Waals surface area contributed by atoms with Gasteiger partial charge in [0.25, 0.3) is 0 Å². The van der Waals surface area contributed by atoms with E-state index in [0.29, 0.717) is 71.8 Å². The van der Waals surface area contributed by atoms with Crippen LogP contribution in [-0.4, -0.2) is 61.5 Å². The lowest BCUT2D eigenvalue weighted by Crippen LogP contribution is -2.37. The van der Waals surface area contributed by atoms with Crippen molar-refractivity contribution in [2.45, 2.75) is 13.1 Å². The molecule has 1 aliphatic rings. The Kier molecular flexibility index (Phi) is 7.56. The van der Waals surface area contributed by atoms with Gasteiger partial charge in [0.05, 0.1) is 31.3 Å². The summed E-state index contributed by atoms with van der Waals surface area (Å²) in [5, 5.41) is 9.91. The molecule has 13 heteroatoms. The van der Waals surface area contributed by atoms with Crippen LogP contribution in [0.15, 0.2) is 79.9 Å². The highest BCUT2D eigenvalue weighted by Crippen LogP contribution is 2.27. The molecule has 4 heterocycles. The molecule has 214 valence electrons. The fourth-order valence-corrected chi connectivity index (χ4v) is 4.64. The minimum absolute atomic E-state index is 0.266. The highest BCUT2D eigenvalue weighted by Gasteiger charge is 2.21. The highest BCUT2D eigenvalue weighted by atomic mass is 19.3. The molecular formula is C29H27F2N9O2. The number of carbonyl (C=O) groups is 1. The van der Waals surface area contributed by atoms with Crippen LogP contribution in [0, 0.1) is 0 Å². The predicted octanol–water partition coefficient (Wildman–Crippen LogP) is 4.65. The Morgan fingerprint density at radius 3 is 2.64 bits per heavy atom. The Hall–Kier alpha value is -5.17. The van der Waals surface area contributed by atoms with Crippen LogP contribution in [0.1, 0.15) is 12.1 Å². The molecule has 1 fully saturated rings. The summed E-state index contributed by atoms with van der Waals surface area (Å²) in [5.74, 6) is 0.753. The average molecular weight is 572 g/mol. The molecule has 5 aromatic rings. The lowest BCUT2D eigenvalue weighted by Gasteiger charge is -2.27. The van der Waals surface area contributed by atoms with Gasteiger partial charge in [-0.3, -0.25) is 9.36 Å². The molecule has 0 unspecified atom stereocenters.